The van der Waals surface area contributed by atoms with E-state index in [1.54, 1.807) is 21.3 Å². The van der Waals surface area contributed by atoms with E-state index in [2.05, 4.69) is 16.7 Å². The molecule has 7 heteroatoms. The largest absolute Gasteiger partial charge is 0.493 e. The molecule has 0 aliphatic carbocycles. The number of carbonyl (C=O) groups excluding carboxylic acids is 1. The van der Waals surface area contributed by atoms with Crippen LogP contribution in [0.4, 0.5) is 0 Å². The summed E-state index contributed by atoms with van der Waals surface area (Å²) in [7, 11) is 6.89. The maximum absolute atomic E-state index is 13.4. The van der Waals surface area contributed by atoms with Gasteiger partial charge in [-0.25, -0.2) is 0 Å². The maximum atomic E-state index is 13.4. The van der Waals surface area contributed by atoms with Crippen LogP contribution in [0.3, 0.4) is 0 Å². The summed E-state index contributed by atoms with van der Waals surface area (Å²) in [5.41, 5.74) is 2.08. The van der Waals surface area contributed by atoms with Crippen molar-refractivity contribution < 1.29 is 19.0 Å². The predicted octanol–water partition coefficient (Wildman–Crippen LogP) is 3.05. The first-order valence-corrected chi connectivity index (χ1v) is 11.1. The van der Waals surface area contributed by atoms with Crippen molar-refractivity contribution in [2.75, 3.05) is 61.1 Å². The van der Waals surface area contributed by atoms with Crippen molar-refractivity contribution in [1.29, 1.82) is 0 Å². The predicted molar refractivity (Wildman–Crippen MR) is 125 cm³/mol. The number of methoxy groups -OCH3 is 3. The lowest BCUT2D eigenvalue weighted by Gasteiger charge is -2.38. The Kier molecular flexibility index (Phi) is 8.36. The number of hydrogen-bond donors (Lipinski definition) is 0. The van der Waals surface area contributed by atoms with Gasteiger partial charge < -0.3 is 19.1 Å². The monoisotopic (exact) mass is 441 g/mol. The van der Waals surface area contributed by atoms with E-state index < -0.39 is 0 Å². The molecule has 2 aromatic rings. The minimum atomic E-state index is -0.251. The van der Waals surface area contributed by atoms with Crippen LogP contribution in [-0.4, -0.2) is 81.7 Å². The van der Waals surface area contributed by atoms with Crippen LogP contribution in [0.2, 0.25) is 0 Å². The molecule has 0 spiro atoms. The van der Waals surface area contributed by atoms with Crippen LogP contribution in [0, 0.1) is 0 Å². The highest BCUT2D eigenvalue weighted by Gasteiger charge is 2.31. The van der Waals surface area contributed by atoms with Crippen molar-refractivity contribution in [1.82, 2.24) is 14.7 Å². The van der Waals surface area contributed by atoms with Gasteiger partial charge in [-0.1, -0.05) is 43.3 Å². The van der Waals surface area contributed by atoms with E-state index in [0.29, 0.717) is 30.3 Å². The molecule has 1 heterocycles. The van der Waals surface area contributed by atoms with Crippen molar-refractivity contribution >= 4 is 5.91 Å². The molecule has 0 N–H and O–H groups in total. The van der Waals surface area contributed by atoms with Gasteiger partial charge in [0.1, 0.15) is 6.04 Å². The Hall–Kier alpha value is -2.77. The Morgan fingerprint density at radius 3 is 2.16 bits per heavy atom. The number of likely N-dealkylation sites (N-methyl/N-ethyl adjacent to an activating group) is 1. The van der Waals surface area contributed by atoms with E-state index in [0.717, 1.165) is 37.3 Å². The summed E-state index contributed by atoms with van der Waals surface area (Å²) in [6, 6.07) is 13.7. The highest BCUT2D eigenvalue weighted by Crippen LogP contribution is 2.40. The molecule has 1 atom stereocenters. The Morgan fingerprint density at radius 2 is 1.59 bits per heavy atom. The summed E-state index contributed by atoms with van der Waals surface area (Å²) >= 11 is 0. The first kappa shape index (κ1) is 23.9. The third-order valence-electron chi connectivity index (χ3n) is 6.15. The second-order valence-corrected chi connectivity index (χ2v) is 7.98. The van der Waals surface area contributed by atoms with Gasteiger partial charge >= 0.3 is 0 Å². The molecule has 0 bridgehead atoms. The van der Waals surface area contributed by atoms with E-state index in [1.165, 1.54) is 0 Å². The summed E-state index contributed by atoms with van der Waals surface area (Å²) in [5.74, 6) is 2.12. The normalized spacial score (nSPS) is 15.5. The molecule has 2 aromatic carbocycles. The van der Waals surface area contributed by atoms with Crippen LogP contribution >= 0.6 is 0 Å². The molecule has 3 rings (SSSR count). The van der Waals surface area contributed by atoms with E-state index >= 15 is 0 Å². The third kappa shape index (κ3) is 5.16. The lowest BCUT2D eigenvalue weighted by atomic mass is 10.0. The number of rotatable bonds is 9. The number of carbonyl (C=O) groups is 1. The van der Waals surface area contributed by atoms with Crippen molar-refractivity contribution in [3.8, 4) is 17.2 Å². The average molecular weight is 442 g/mol. The van der Waals surface area contributed by atoms with Crippen LogP contribution in [-0.2, 0) is 11.3 Å². The summed E-state index contributed by atoms with van der Waals surface area (Å²) in [4.78, 5) is 19.9. The zero-order chi connectivity index (χ0) is 23.1. The first-order chi connectivity index (χ1) is 15.5. The first-order valence-electron chi connectivity index (χ1n) is 11.1. The SMILES string of the molecule is CCN(C)C(C(=O)N1CCN(Cc2ccc(OC)c(OC)c2OC)CC1)c1ccccc1. The van der Waals surface area contributed by atoms with Crippen LogP contribution < -0.4 is 14.2 Å². The topological polar surface area (TPSA) is 54.5 Å². The molecule has 1 aliphatic heterocycles. The Labute approximate surface area is 191 Å². The van der Waals surface area contributed by atoms with Crippen LogP contribution in [0.25, 0.3) is 0 Å². The standard InChI is InChI=1S/C25H35N3O4/c1-6-26(2)22(19-10-8-7-9-11-19)25(29)28-16-14-27(15-17-28)18-20-12-13-21(30-3)24(32-5)23(20)31-4/h7-13,22H,6,14-18H2,1-5H3. The zero-order valence-corrected chi connectivity index (χ0v) is 19.8. The van der Waals surface area contributed by atoms with E-state index in [-0.39, 0.29) is 11.9 Å². The Morgan fingerprint density at radius 1 is 0.938 bits per heavy atom. The van der Waals surface area contributed by atoms with Gasteiger partial charge in [-0.05, 0) is 25.2 Å². The molecule has 0 radical (unpaired) electrons. The summed E-state index contributed by atoms with van der Waals surface area (Å²) in [6.07, 6.45) is 0. The molecule has 1 saturated heterocycles. The van der Waals surface area contributed by atoms with Gasteiger partial charge in [-0.15, -0.1) is 0 Å². The molecule has 1 fully saturated rings. The van der Waals surface area contributed by atoms with Gasteiger partial charge in [0.05, 0.1) is 21.3 Å². The number of hydrogen-bond acceptors (Lipinski definition) is 6. The smallest absolute Gasteiger partial charge is 0.244 e. The molecule has 1 amide bonds. The van der Waals surface area contributed by atoms with Crippen LogP contribution in [0.1, 0.15) is 24.1 Å². The van der Waals surface area contributed by atoms with Gasteiger partial charge in [0.25, 0.3) is 0 Å². The average Bonchev–Trinajstić information content (AvgIpc) is 2.84. The van der Waals surface area contributed by atoms with E-state index in [9.17, 15) is 4.79 Å². The molecular formula is C25H35N3O4. The number of ether oxygens (including phenoxy) is 3. The highest BCUT2D eigenvalue weighted by molar-refractivity contribution is 5.83. The number of piperazine rings is 1. The molecule has 0 saturated carbocycles. The minimum absolute atomic E-state index is 0.170. The van der Waals surface area contributed by atoms with Crippen LogP contribution in [0.5, 0.6) is 17.2 Å². The Balaban J connectivity index is 1.68. The second-order valence-electron chi connectivity index (χ2n) is 7.98. The highest BCUT2D eigenvalue weighted by atomic mass is 16.5. The fourth-order valence-electron chi connectivity index (χ4n) is 4.23. The molecule has 174 valence electrons. The minimum Gasteiger partial charge on any atom is -0.493 e. The molecule has 32 heavy (non-hydrogen) atoms. The van der Waals surface area contributed by atoms with Crippen molar-refractivity contribution in [2.45, 2.75) is 19.5 Å². The number of nitrogens with zero attached hydrogens (tertiary/aromatic N) is 3. The van der Waals surface area contributed by atoms with Gasteiger partial charge in [-0.2, -0.15) is 0 Å². The lowest BCUT2D eigenvalue weighted by molar-refractivity contribution is -0.138. The summed E-state index contributed by atoms with van der Waals surface area (Å²) in [6.45, 7) is 6.64. The van der Waals surface area contributed by atoms with Crippen molar-refractivity contribution in [3.63, 3.8) is 0 Å². The quantitative estimate of drug-likeness (QED) is 0.596. The molecule has 0 aromatic heterocycles. The van der Waals surface area contributed by atoms with Gasteiger partial charge in [0.15, 0.2) is 11.5 Å². The van der Waals surface area contributed by atoms with Crippen molar-refractivity contribution in [2.24, 2.45) is 0 Å². The molecule has 1 unspecified atom stereocenters. The number of amides is 1. The molecular weight excluding hydrogens is 406 g/mol. The summed E-state index contributed by atoms with van der Waals surface area (Å²) in [5, 5.41) is 0. The van der Waals surface area contributed by atoms with E-state index in [1.807, 2.05) is 54.4 Å². The molecule has 1 aliphatic rings. The van der Waals surface area contributed by atoms with Gasteiger partial charge in [0.2, 0.25) is 11.7 Å². The second kappa shape index (κ2) is 11.2. The van der Waals surface area contributed by atoms with Gasteiger partial charge in [0, 0.05) is 38.3 Å². The lowest BCUT2D eigenvalue weighted by Crippen LogP contribution is -2.51. The third-order valence-corrected chi connectivity index (χ3v) is 6.15. The van der Waals surface area contributed by atoms with Crippen molar-refractivity contribution in [3.05, 3.63) is 53.6 Å². The molecule has 7 nitrogen and oxygen atoms in total. The number of benzene rings is 2. The maximum Gasteiger partial charge on any atom is 0.244 e. The van der Waals surface area contributed by atoms with E-state index in [4.69, 9.17) is 14.2 Å². The van der Waals surface area contributed by atoms with Crippen LogP contribution in [0.15, 0.2) is 42.5 Å². The van der Waals surface area contributed by atoms with Gasteiger partial charge in [-0.3, -0.25) is 14.6 Å². The fraction of sp³-hybridized carbons (Fsp3) is 0.480. The zero-order valence-electron chi connectivity index (χ0n) is 19.8. The fourth-order valence-corrected chi connectivity index (χ4v) is 4.23. The Bertz CT molecular complexity index is 882. The summed E-state index contributed by atoms with van der Waals surface area (Å²) < 4.78 is 16.5.